The summed E-state index contributed by atoms with van der Waals surface area (Å²) >= 11 is 0. The first kappa shape index (κ1) is 11.4. The normalized spacial score (nSPS) is 8.75. The lowest BCUT2D eigenvalue weighted by Crippen LogP contribution is -2.06. The monoisotopic (exact) mass is 218 g/mol. The SMILES string of the molecule is NC(=O)C#Cc1ccc([N+](=O)[O-])c(C=O)c1. The van der Waals surface area contributed by atoms with Crippen LogP contribution in [0.3, 0.4) is 0 Å². The van der Waals surface area contributed by atoms with Crippen molar-refractivity contribution in [2.24, 2.45) is 5.73 Å². The lowest BCUT2D eigenvalue weighted by atomic mass is 10.1. The zero-order valence-electron chi connectivity index (χ0n) is 7.97. The number of nitro benzene ring substituents is 1. The number of primary amides is 1. The third-order valence-electron chi connectivity index (χ3n) is 1.68. The highest BCUT2D eigenvalue weighted by Gasteiger charge is 2.12. The molecule has 0 fully saturated rings. The van der Waals surface area contributed by atoms with Gasteiger partial charge in [-0.1, -0.05) is 5.92 Å². The Hall–Kier alpha value is -2.68. The summed E-state index contributed by atoms with van der Waals surface area (Å²) in [5, 5.41) is 10.5. The zero-order valence-corrected chi connectivity index (χ0v) is 7.97. The van der Waals surface area contributed by atoms with E-state index in [4.69, 9.17) is 5.73 Å². The van der Waals surface area contributed by atoms with Crippen LogP contribution in [-0.2, 0) is 4.79 Å². The predicted octanol–water partition coefficient (Wildman–Crippen LogP) is 0.244. The Kier molecular flexibility index (Phi) is 3.35. The molecule has 0 heterocycles. The van der Waals surface area contributed by atoms with E-state index < -0.39 is 10.8 Å². The van der Waals surface area contributed by atoms with Crippen molar-refractivity contribution >= 4 is 17.9 Å². The number of nitrogens with two attached hydrogens (primary N) is 1. The Morgan fingerprint density at radius 2 is 2.19 bits per heavy atom. The van der Waals surface area contributed by atoms with Crippen LogP contribution in [0.15, 0.2) is 18.2 Å². The van der Waals surface area contributed by atoms with Crippen LogP contribution in [0, 0.1) is 22.0 Å². The van der Waals surface area contributed by atoms with E-state index in [9.17, 15) is 19.7 Å². The van der Waals surface area contributed by atoms with Gasteiger partial charge in [-0.25, -0.2) is 0 Å². The Morgan fingerprint density at radius 1 is 1.50 bits per heavy atom. The van der Waals surface area contributed by atoms with Crippen molar-refractivity contribution in [3.8, 4) is 11.8 Å². The molecular weight excluding hydrogens is 212 g/mol. The fourth-order valence-corrected chi connectivity index (χ4v) is 1.03. The number of rotatable bonds is 2. The minimum absolute atomic E-state index is 0.0960. The molecule has 6 nitrogen and oxygen atoms in total. The highest BCUT2D eigenvalue weighted by atomic mass is 16.6. The number of aldehydes is 1. The molecular formula is C10H6N2O4. The Bertz CT molecular complexity index is 525. The number of nitrogens with zero attached hydrogens (tertiary/aromatic N) is 1. The Labute approximate surface area is 90.2 Å². The molecule has 2 N–H and O–H groups in total. The fourth-order valence-electron chi connectivity index (χ4n) is 1.03. The summed E-state index contributed by atoms with van der Waals surface area (Å²) in [6.07, 6.45) is 0.355. The zero-order chi connectivity index (χ0) is 12.1. The molecule has 6 heteroatoms. The summed E-state index contributed by atoms with van der Waals surface area (Å²) in [5.74, 6) is 3.63. The number of hydrogen-bond acceptors (Lipinski definition) is 4. The molecule has 0 atom stereocenters. The first-order chi connectivity index (χ1) is 7.54. The lowest BCUT2D eigenvalue weighted by molar-refractivity contribution is -0.385. The Balaban J connectivity index is 3.20. The maximum absolute atomic E-state index is 10.6. The van der Waals surface area contributed by atoms with E-state index in [1.807, 2.05) is 0 Å². The van der Waals surface area contributed by atoms with E-state index in [1.165, 1.54) is 12.1 Å². The molecule has 1 rings (SSSR count). The summed E-state index contributed by atoms with van der Waals surface area (Å²) < 4.78 is 0. The minimum Gasteiger partial charge on any atom is -0.359 e. The molecule has 0 unspecified atom stereocenters. The maximum Gasteiger partial charge on any atom is 0.293 e. The number of nitro groups is 1. The topological polar surface area (TPSA) is 103 Å². The van der Waals surface area contributed by atoms with Crippen molar-refractivity contribution in [2.75, 3.05) is 0 Å². The van der Waals surface area contributed by atoms with Gasteiger partial charge in [0, 0.05) is 11.6 Å². The molecule has 16 heavy (non-hydrogen) atoms. The van der Waals surface area contributed by atoms with Gasteiger partial charge in [-0.3, -0.25) is 19.7 Å². The van der Waals surface area contributed by atoms with Gasteiger partial charge in [0.2, 0.25) is 0 Å². The van der Waals surface area contributed by atoms with Crippen molar-refractivity contribution in [2.45, 2.75) is 0 Å². The maximum atomic E-state index is 10.6. The van der Waals surface area contributed by atoms with Crippen LogP contribution >= 0.6 is 0 Å². The molecule has 0 radical (unpaired) electrons. The average molecular weight is 218 g/mol. The van der Waals surface area contributed by atoms with Crippen molar-refractivity contribution in [3.05, 3.63) is 39.4 Å². The molecule has 0 saturated carbocycles. The molecule has 0 aliphatic rings. The number of benzene rings is 1. The van der Waals surface area contributed by atoms with Crippen molar-refractivity contribution < 1.29 is 14.5 Å². The van der Waals surface area contributed by atoms with Crippen molar-refractivity contribution in [1.29, 1.82) is 0 Å². The van der Waals surface area contributed by atoms with Crippen LogP contribution in [0.1, 0.15) is 15.9 Å². The second kappa shape index (κ2) is 4.70. The molecule has 0 bridgehead atoms. The smallest absolute Gasteiger partial charge is 0.293 e. The molecule has 1 aromatic carbocycles. The molecule has 0 aromatic heterocycles. The molecule has 0 spiro atoms. The van der Waals surface area contributed by atoms with Crippen LogP contribution in [0.2, 0.25) is 0 Å². The van der Waals surface area contributed by atoms with Crippen LogP contribution in [0.4, 0.5) is 5.69 Å². The number of carbonyl (C=O) groups is 2. The summed E-state index contributed by atoms with van der Waals surface area (Å²) in [7, 11) is 0. The third kappa shape index (κ3) is 2.65. The quantitative estimate of drug-likeness (QED) is 0.332. The van der Waals surface area contributed by atoms with Gasteiger partial charge in [-0.15, -0.1) is 0 Å². The molecule has 80 valence electrons. The van der Waals surface area contributed by atoms with Gasteiger partial charge in [0.25, 0.3) is 11.6 Å². The first-order valence-corrected chi connectivity index (χ1v) is 4.09. The number of carbonyl (C=O) groups excluding carboxylic acids is 2. The third-order valence-corrected chi connectivity index (χ3v) is 1.68. The lowest BCUT2D eigenvalue weighted by Gasteiger charge is -1.95. The summed E-state index contributed by atoms with van der Waals surface area (Å²) in [6, 6.07) is 3.71. The van der Waals surface area contributed by atoms with Crippen LogP contribution in [0.5, 0.6) is 0 Å². The largest absolute Gasteiger partial charge is 0.359 e. The second-order valence-corrected chi connectivity index (χ2v) is 2.76. The molecule has 0 aliphatic carbocycles. The van der Waals surface area contributed by atoms with E-state index in [-0.39, 0.29) is 11.3 Å². The van der Waals surface area contributed by atoms with Crippen LogP contribution in [0.25, 0.3) is 0 Å². The predicted molar refractivity (Wildman–Crippen MR) is 54.6 cm³/mol. The summed E-state index contributed by atoms with van der Waals surface area (Å²) in [4.78, 5) is 30.8. The highest BCUT2D eigenvalue weighted by molar-refractivity contribution is 5.92. The van der Waals surface area contributed by atoms with E-state index in [0.29, 0.717) is 11.8 Å². The van der Waals surface area contributed by atoms with Gasteiger partial charge >= 0.3 is 0 Å². The molecule has 0 saturated heterocycles. The number of amides is 1. The fraction of sp³-hybridized carbons (Fsp3) is 0. The number of hydrogen-bond donors (Lipinski definition) is 1. The van der Waals surface area contributed by atoms with Crippen molar-refractivity contribution in [3.63, 3.8) is 0 Å². The van der Waals surface area contributed by atoms with E-state index >= 15 is 0 Å². The second-order valence-electron chi connectivity index (χ2n) is 2.76. The van der Waals surface area contributed by atoms with Crippen LogP contribution < -0.4 is 5.73 Å². The highest BCUT2D eigenvalue weighted by Crippen LogP contribution is 2.17. The molecule has 0 aliphatic heterocycles. The van der Waals surface area contributed by atoms with E-state index in [0.717, 1.165) is 6.07 Å². The van der Waals surface area contributed by atoms with E-state index in [1.54, 1.807) is 0 Å². The summed E-state index contributed by atoms with van der Waals surface area (Å²) in [6.45, 7) is 0. The standard InChI is InChI=1S/C10H6N2O4/c11-10(14)4-2-7-1-3-9(12(15)16)8(5-7)6-13/h1,3,5-6H,(H2,11,14). The van der Waals surface area contributed by atoms with Crippen LogP contribution in [-0.4, -0.2) is 17.1 Å². The van der Waals surface area contributed by atoms with Gasteiger partial charge in [-0.2, -0.15) is 0 Å². The minimum atomic E-state index is -0.814. The van der Waals surface area contributed by atoms with Gasteiger partial charge in [0.05, 0.1) is 10.5 Å². The molecule has 1 amide bonds. The van der Waals surface area contributed by atoms with E-state index in [2.05, 4.69) is 11.8 Å². The van der Waals surface area contributed by atoms with Gasteiger partial charge < -0.3 is 5.73 Å². The van der Waals surface area contributed by atoms with Gasteiger partial charge in [-0.05, 0) is 18.1 Å². The first-order valence-electron chi connectivity index (χ1n) is 4.09. The van der Waals surface area contributed by atoms with Gasteiger partial charge in [0.15, 0.2) is 6.29 Å². The average Bonchev–Trinajstić information content (AvgIpc) is 2.25. The summed E-state index contributed by atoms with van der Waals surface area (Å²) in [5.41, 5.74) is 4.71. The molecule has 1 aromatic rings. The Morgan fingerprint density at radius 3 is 2.69 bits per heavy atom. The van der Waals surface area contributed by atoms with Crippen molar-refractivity contribution in [1.82, 2.24) is 0 Å². The van der Waals surface area contributed by atoms with Gasteiger partial charge in [0.1, 0.15) is 0 Å².